The Labute approximate surface area is 198 Å². The Hall–Kier alpha value is -4.52. The first-order chi connectivity index (χ1) is 16.6. The molecule has 0 radical (unpaired) electrons. The zero-order valence-electron chi connectivity index (χ0n) is 17.3. The molecule has 9 nitrogen and oxygen atoms in total. The van der Waals surface area contributed by atoms with Gasteiger partial charge >= 0.3 is 12.1 Å². The monoisotopic (exact) mass is 502 g/mol. The first-order valence-electron chi connectivity index (χ1n) is 9.70. The summed E-state index contributed by atoms with van der Waals surface area (Å²) in [4.78, 5) is 38.9. The largest absolute Gasteiger partial charge is 0.433 e. The molecule has 2 heterocycles. The molecule has 13 heteroatoms. The van der Waals surface area contributed by atoms with Crippen LogP contribution in [0.4, 0.5) is 29.9 Å². The molecule has 0 aliphatic heterocycles. The lowest BCUT2D eigenvalue weighted by Gasteiger charge is -2.10. The molecule has 178 valence electrons. The molecule has 0 aliphatic rings. The molecule has 2 amide bonds. The Morgan fingerprint density at radius 3 is 2.49 bits per heavy atom. The summed E-state index contributed by atoms with van der Waals surface area (Å²) in [6.07, 6.45) is -4.57. The van der Waals surface area contributed by atoms with Crippen LogP contribution in [-0.4, -0.2) is 21.7 Å². The minimum Gasteiger partial charge on any atom is -0.395 e. The highest BCUT2D eigenvalue weighted by Gasteiger charge is 2.31. The Morgan fingerprint density at radius 2 is 1.77 bits per heavy atom. The predicted molar refractivity (Wildman–Crippen MR) is 120 cm³/mol. The second-order valence-electron chi connectivity index (χ2n) is 7.00. The van der Waals surface area contributed by atoms with Crippen LogP contribution in [0.2, 0.25) is 0 Å². The van der Waals surface area contributed by atoms with Crippen molar-refractivity contribution in [2.75, 3.05) is 10.6 Å². The van der Waals surface area contributed by atoms with E-state index in [0.717, 1.165) is 35.6 Å². The van der Waals surface area contributed by atoms with Crippen molar-refractivity contribution in [1.29, 1.82) is 0 Å². The van der Waals surface area contributed by atoms with Gasteiger partial charge in [0.25, 0.3) is 11.8 Å². The Kier molecular flexibility index (Phi) is 6.34. The van der Waals surface area contributed by atoms with Gasteiger partial charge in [0.15, 0.2) is 10.9 Å². The van der Waals surface area contributed by atoms with Crippen LogP contribution in [0.1, 0.15) is 26.5 Å². The normalized spacial score (nSPS) is 11.2. The van der Waals surface area contributed by atoms with Crippen LogP contribution in [-0.2, 0) is 6.18 Å². The highest BCUT2D eigenvalue weighted by Crippen LogP contribution is 2.30. The van der Waals surface area contributed by atoms with E-state index in [0.29, 0.717) is 16.9 Å². The number of alkyl halides is 3. The average Bonchev–Trinajstić information content (AvgIpc) is 3.49. The van der Waals surface area contributed by atoms with E-state index in [1.54, 1.807) is 29.6 Å². The van der Waals surface area contributed by atoms with Gasteiger partial charge in [-0.05, 0) is 36.4 Å². The Bertz CT molecular complexity index is 1430. The quantitative estimate of drug-likeness (QED) is 0.252. The number of nitrogens with zero attached hydrogens (tertiary/aromatic N) is 2. The number of halogens is 3. The van der Waals surface area contributed by atoms with E-state index >= 15 is 0 Å². The lowest BCUT2D eigenvalue weighted by molar-refractivity contribution is -0.402. The van der Waals surface area contributed by atoms with Gasteiger partial charge < -0.3 is 9.73 Å². The number of hydrogen-bond acceptors (Lipinski definition) is 7. The molecule has 2 N–H and O–H groups in total. The molecule has 2 aromatic carbocycles. The van der Waals surface area contributed by atoms with Gasteiger partial charge in [0.05, 0.1) is 17.3 Å². The molecular weight excluding hydrogens is 489 g/mol. The van der Waals surface area contributed by atoms with Crippen LogP contribution in [0.15, 0.2) is 70.5 Å². The molecule has 4 aromatic rings. The summed E-state index contributed by atoms with van der Waals surface area (Å²) in [5, 5.41) is 17.5. The number of nitrogens with one attached hydrogen (secondary N) is 2. The number of carbonyl (C=O) groups is 2. The lowest BCUT2D eigenvalue weighted by Crippen LogP contribution is -2.14. The third-order valence-corrected chi connectivity index (χ3v) is 5.35. The zero-order chi connectivity index (χ0) is 25.2. The molecule has 0 spiro atoms. The van der Waals surface area contributed by atoms with Crippen molar-refractivity contribution in [1.82, 2.24) is 4.98 Å². The summed E-state index contributed by atoms with van der Waals surface area (Å²) in [6.45, 7) is 0. The van der Waals surface area contributed by atoms with E-state index in [-0.39, 0.29) is 16.5 Å². The van der Waals surface area contributed by atoms with E-state index < -0.39 is 34.4 Å². The molecule has 0 unspecified atom stereocenters. The highest BCUT2D eigenvalue weighted by atomic mass is 32.1. The van der Waals surface area contributed by atoms with E-state index in [2.05, 4.69) is 15.6 Å². The number of amides is 2. The van der Waals surface area contributed by atoms with E-state index in [1.165, 1.54) is 12.1 Å². The summed E-state index contributed by atoms with van der Waals surface area (Å²) in [5.41, 5.74) is 0.261. The smallest absolute Gasteiger partial charge is 0.395 e. The van der Waals surface area contributed by atoms with Gasteiger partial charge in [0, 0.05) is 22.2 Å². The fourth-order valence-corrected chi connectivity index (χ4v) is 3.68. The fraction of sp³-hybridized carbons (Fsp3) is 0.0455. The van der Waals surface area contributed by atoms with Crippen molar-refractivity contribution in [2.24, 2.45) is 0 Å². The number of aromatic nitrogens is 1. The fourth-order valence-electron chi connectivity index (χ4n) is 2.97. The number of furan rings is 1. The maximum absolute atomic E-state index is 12.9. The van der Waals surface area contributed by atoms with Crippen LogP contribution in [0.25, 0.3) is 11.3 Å². The van der Waals surface area contributed by atoms with Crippen LogP contribution in [0.3, 0.4) is 0 Å². The molecule has 2 aromatic heterocycles. The SMILES string of the molecule is O=C(Nc1cccc(-c2csc(NC(=O)c3ccc([N+](=O)[O-])o3)n2)c1)c1cccc(C(F)(F)F)c1. The maximum Gasteiger partial charge on any atom is 0.433 e. The van der Waals surface area contributed by atoms with Gasteiger partial charge in [-0.3, -0.25) is 25.0 Å². The van der Waals surface area contributed by atoms with Gasteiger partial charge in [-0.1, -0.05) is 18.2 Å². The van der Waals surface area contributed by atoms with Crippen molar-refractivity contribution in [3.63, 3.8) is 0 Å². The van der Waals surface area contributed by atoms with Crippen LogP contribution in [0.5, 0.6) is 0 Å². The van der Waals surface area contributed by atoms with Crippen molar-refractivity contribution in [3.8, 4) is 11.3 Å². The van der Waals surface area contributed by atoms with E-state index in [4.69, 9.17) is 4.42 Å². The third-order valence-electron chi connectivity index (χ3n) is 4.59. The molecule has 0 aliphatic carbocycles. The van der Waals surface area contributed by atoms with Crippen molar-refractivity contribution in [2.45, 2.75) is 6.18 Å². The van der Waals surface area contributed by atoms with Gasteiger partial charge in [0.2, 0.25) is 0 Å². The van der Waals surface area contributed by atoms with E-state index in [9.17, 15) is 32.9 Å². The second-order valence-corrected chi connectivity index (χ2v) is 7.86. The van der Waals surface area contributed by atoms with Gasteiger partial charge in [-0.25, -0.2) is 4.98 Å². The first-order valence-corrected chi connectivity index (χ1v) is 10.6. The summed E-state index contributed by atoms with van der Waals surface area (Å²) in [7, 11) is 0. The summed E-state index contributed by atoms with van der Waals surface area (Å²) in [5.74, 6) is -2.26. The van der Waals surface area contributed by atoms with Crippen LogP contribution < -0.4 is 10.6 Å². The molecule has 0 bridgehead atoms. The van der Waals surface area contributed by atoms with Crippen molar-refractivity contribution >= 4 is 39.9 Å². The number of hydrogen-bond donors (Lipinski definition) is 2. The van der Waals surface area contributed by atoms with Gasteiger partial charge in [-0.15, -0.1) is 11.3 Å². The Morgan fingerprint density at radius 1 is 1.00 bits per heavy atom. The summed E-state index contributed by atoms with van der Waals surface area (Å²) >= 11 is 1.09. The minimum atomic E-state index is -4.57. The molecule has 0 saturated carbocycles. The molecule has 0 atom stereocenters. The van der Waals surface area contributed by atoms with Crippen molar-refractivity contribution in [3.05, 3.63) is 93.0 Å². The standard InChI is InChI=1S/C22H13F3N4O5S/c23-22(24,25)14-5-1-4-13(9-14)19(30)26-15-6-2-3-12(10-15)16-11-35-21(27-16)28-20(31)17-7-8-18(34-17)29(32)33/h1-11H,(H,26,30)(H,27,28,31). The molecule has 4 rings (SSSR count). The van der Waals surface area contributed by atoms with Crippen molar-refractivity contribution < 1.29 is 32.1 Å². The minimum absolute atomic E-state index is 0.151. The number of carbonyl (C=O) groups excluding carboxylic acids is 2. The topological polar surface area (TPSA) is 127 Å². The first kappa shape index (κ1) is 23.6. The lowest BCUT2D eigenvalue weighted by atomic mass is 10.1. The van der Waals surface area contributed by atoms with E-state index in [1.807, 2.05) is 0 Å². The predicted octanol–water partition coefficient (Wildman–Crippen LogP) is 5.83. The number of anilines is 2. The molecule has 0 saturated heterocycles. The molecule has 0 fully saturated rings. The average molecular weight is 502 g/mol. The second kappa shape index (κ2) is 9.38. The summed E-state index contributed by atoms with van der Waals surface area (Å²) < 4.78 is 43.6. The van der Waals surface area contributed by atoms with Crippen LogP contribution >= 0.6 is 11.3 Å². The molecular formula is C22H13F3N4O5S. The van der Waals surface area contributed by atoms with Gasteiger partial charge in [0.1, 0.15) is 4.92 Å². The number of thiazole rings is 1. The number of nitro groups is 1. The zero-order valence-corrected chi connectivity index (χ0v) is 18.1. The third kappa shape index (κ3) is 5.52. The summed E-state index contributed by atoms with van der Waals surface area (Å²) in [6, 6.07) is 12.7. The maximum atomic E-state index is 12.9. The number of rotatable bonds is 6. The van der Waals surface area contributed by atoms with Gasteiger partial charge in [-0.2, -0.15) is 13.2 Å². The highest BCUT2D eigenvalue weighted by molar-refractivity contribution is 7.14. The Balaban J connectivity index is 1.46. The molecule has 35 heavy (non-hydrogen) atoms. The van der Waals surface area contributed by atoms with Crippen LogP contribution in [0, 0.1) is 10.1 Å². The number of benzene rings is 2.